The molecule has 1 aromatic carbocycles. The van der Waals surface area contributed by atoms with Gasteiger partial charge in [0.1, 0.15) is 0 Å². The third-order valence-electron chi connectivity index (χ3n) is 2.74. The molecule has 1 aromatic heterocycles. The van der Waals surface area contributed by atoms with E-state index in [0.717, 1.165) is 24.3 Å². The zero-order valence-corrected chi connectivity index (χ0v) is 11.3. The lowest BCUT2D eigenvalue weighted by atomic mass is 10.1. The van der Waals surface area contributed by atoms with Crippen LogP contribution in [0.4, 0.5) is 5.69 Å². The van der Waals surface area contributed by atoms with Gasteiger partial charge in [0, 0.05) is 35.9 Å². The fourth-order valence-corrected chi connectivity index (χ4v) is 1.89. The number of benzene rings is 1. The largest absolute Gasteiger partial charge is 0.383 e. The van der Waals surface area contributed by atoms with E-state index >= 15 is 0 Å². The average molecular weight is 243 g/mol. The van der Waals surface area contributed by atoms with Crippen molar-refractivity contribution < 1.29 is 0 Å². The molecule has 2 rings (SSSR count). The Kier molecular flexibility index (Phi) is 3.82. The van der Waals surface area contributed by atoms with Crippen LogP contribution in [0.1, 0.15) is 20.8 Å². The molecule has 96 valence electrons. The van der Waals surface area contributed by atoms with Gasteiger partial charge in [0.05, 0.1) is 5.52 Å². The number of pyridine rings is 1. The first-order valence-corrected chi connectivity index (χ1v) is 6.39. The van der Waals surface area contributed by atoms with Gasteiger partial charge in [-0.2, -0.15) is 0 Å². The van der Waals surface area contributed by atoms with Crippen molar-refractivity contribution in [3.05, 3.63) is 36.5 Å². The number of aromatic nitrogens is 1. The van der Waals surface area contributed by atoms with E-state index in [-0.39, 0.29) is 5.54 Å². The highest BCUT2D eigenvalue weighted by molar-refractivity contribution is 5.91. The first-order valence-electron chi connectivity index (χ1n) is 6.39. The van der Waals surface area contributed by atoms with Gasteiger partial charge in [-0.1, -0.05) is 6.07 Å². The van der Waals surface area contributed by atoms with Gasteiger partial charge in [0.15, 0.2) is 0 Å². The quantitative estimate of drug-likeness (QED) is 0.810. The van der Waals surface area contributed by atoms with Crippen LogP contribution in [0.25, 0.3) is 10.9 Å². The van der Waals surface area contributed by atoms with Crippen molar-refractivity contribution in [3.8, 4) is 0 Å². The second-order valence-corrected chi connectivity index (χ2v) is 5.48. The molecule has 2 N–H and O–H groups in total. The monoisotopic (exact) mass is 243 g/mol. The molecular weight excluding hydrogens is 222 g/mol. The van der Waals surface area contributed by atoms with Crippen molar-refractivity contribution in [1.82, 2.24) is 10.3 Å². The minimum absolute atomic E-state index is 0.169. The summed E-state index contributed by atoms with van der Waals surface area (Å²) in [5.74, 6) is 0. The molecule has 0 radical (unpaired) electrons. The Labute approximate surface area is 109 Å². The molecule has 0 amide bonds. The van der Waals surface area contributed by atoms with Crippen molar-refractivity contribution in [2.45, 2.75) is 26.3 Å². The molecule has 0 aliphatic heterocycles. The van der Waals surface area contributed by atoms with Crippen molar-refractivity contribution in [3.63, 3.8) is 0 Å². The Hall–Kier alpha value is -1.61. The van der Waals surface area contributed by atoms with Crippen molar-refractivity contribution in [2.24, 2.45) is 0 Å². The van der Waals surface area contributed by atoms with Crippen LogP contribution < -0.4 is 10.6 Å². The fourth-order valence-electron chi connectivity index (χ4n) is 1.89. The third-order valence-corrected chi connectivity index (χ3v) is 2.74. The lowest BCUT2D eigenvalue weighted by Crippen LogP contribution is -2.38. The highest BCUT2D eigenvalue weighted by Crippen LogP contribution is 2.20. The zero-order valence-electron chi connectivity index (χ0n) is 11.3. The molecule has 3 heteroatoms. The second-order valence-electron chi connectivity index (χ2n) is 5.48. The predicted molar refractivity (Wildman–Crippen MR) is 78.0 cm³/mol. The van der Waals surface area contributed by atoms with Gasteiger partial charge >= 0.3 is 0 Å². The zero-order chi connectivity index (χ0) is 13.0. The van der Waals surface area contributed by atoms with Gasteiger partial charge in [-0.25, -0.2) is 0 Å². The summed E-state index contributed by atoms with van der Waals surface area (Å²) in [5, 5.41) is 8.10. The van der Waals surface area contributed by atoms with E-state index < -0.39 is 0 Å². The molecule has 1 heterocycles. The normalized spacial score (nSPS) is 11.7. The van der Waals surface area contributed by atoms with Crippen LogP contribution in [-0.2, 0) is 0 Å². The maximum absolute atomic E-state index is 4.35. The standard InChI is InChI=1S/C15H21N3/c1-15(2,3)18-11-10-17-14-8-4-7-13-12(14)6-5-9-16-13/h4-9,17-18H,10-11H2,1-3H3. The van der Waals surface area contributed by atoms with Crippen LogP contribution in [0.5, 0.6) is 0 Å². The molecule has 0 unspecified atom stereocenters. The number of fused-ring (bicyclic) bond motifs is 1. The molecule has 18 heavy (non-hydrogen) atoms. The Morgan fingerprint density at radius 1 is 1.06 bits per heavy atom. The number of rotatable bonds is 4. The van der Waals surface area contributed by atoms with E-state index in [2.05, 4.69) is 48.5 Å². The lowest BCUT2D eigenvalue weighted by Gasteiger charge is -2.21. The maximum atomic E-state index is 4.35. The summed E-state index contributed by atoms with van der Waals surface area (Å²) in [7, 11) is 0. The summed E-state index contributed by atoms with van der Waals surface area (Å²) in [6, 6.07) is 10.2. The van der Waals surface area contributed by atoms with E-state index in [9.17, 15) is 0 Å². The topological polar surface area (TPSA) is 37.0 Å². The molecule has 0 bridgehead atoms. The predicted octanol–water partition coefficient (Wildman–Crippen LogP) is 3.03. The van der Waals surface area contributed by atoms with Crippen LogP contribution in [-0.4, -0.2) is 23.6 Å². The minimum atomic E-state index is 0.169. The van der Waals surface area contributed by atoms with Crippen molar-refractivity contribution in [1.29, 1.82) is 0 Å². The van der Waals surface area contributed by atoms with Gasteiger partial charge in [0.25, 0.3) is 0 Å². The average Bonchev–Trinajstić information content (AvgIpc) is 2.33. The molecule has 0 fully saturated rings. The fraction of sp³-hybridized carbons (Fsp3) is 0.400. The van der Waals surface area contributed by atoms with E-state index in [4.69, 9.17) is 0 Å². The third kappa shape index (κ3) is 3.44. The van der Waals surface area contributed by atoms with Crippen molar-refractivity contribution in [2.75, 3.05) is 18.4 Å². The second kappa shape index (κ2) is 5.36. The first kappa shape index (κ1) is 12.8. The van der Waals surface area contributed by atoms with Crippen LogP contribution in [0.3, 0.4) is 0 Å². The molecule has 0 spiro atoms. The molecular formula is C15H21N3. The number of hydrogen-bond acceptors (Lipinski definition) is 3. The van der Waals surface area contributed by atoms with Crippen LogP contribution in [0, 0.1) is 0 Å². The van der Waals surface area contributed by atoms with Gasteiger partial charge in [-0.15, -0.1) is 0 Å². The SMILES string of the molecule is CC(C)(C)NCCNc1cccc2ncccc12. The molecule has 0 atom stereocenters. The van der Waals surface area contributed by atoms with Gasteiger partial charge in [-0.05, 0) is 45.0 Å². The molecule has 3 nitrogen and oxygen atoms in total. The van der Waals surface area contributed by atoms with E-state index in [1.54, 1.807) is 0 Å². The smallest absolute Gasteiger partial charge is 0.0722 e. The van der Waals surface area contributed by atoms with E-state index in [1.807, 2.05) is 24.4 Å². The number of nitrogens with zero attached hydrogens (tertiary/aromatic N) is 1. The van der Waals surface area contributed by atoms with E-state index in [0.29, 0.717) is 0 Å². The van der Waals surface area contributed by atoms with Gasteiger partial charge in [-0.3, -0.25) is 4.98 Å². The summed E-state index contributed by atoms with van der Waals surface area (Å²) < 4.78 is 0. The number of hydrogen-bond donors (Lipinski definition) is 2. The molecule has 2 aromatic rings. The first-order chi connectivity index (χ1) is 8.56. The molecule has 0 aliphatic carbocycles. The van der Waals surface area contributed by atoms with Crippen LogP contribution in [0.2, 0.25) is 0 Å². The minimum Gasteiger partial charge on any atom is -0.383 e. The Morgan fingerprint density at radius 3 is 2.67 bits per heavy atom. The van der Waals surface area contributed by atoms with Crippen LogP contribution >= 0.6 is 0 Å². The van der Waals surface area contributed by atoms with Gasteiger partial charge in [0.2, 0.25) is 0 Å². The summed E-state index contributed by atoms with van der Waals surface area (Å²) in [4.78, 5) is 4.35. The molecule has 0 aliphatic rings. The maximum Gasteiger partial charge on any atom is 0.0722 e. The number of anilines is 1. The van der Waals surface area contributed by atoms with Crippen LogP contribution in [0.15, 0.2) is 36.5 Å². The lowest BCUT2D eigenvalue weighted by molar-refractivity contribution is 0.435. The Morgan fingerprint density at radius 2 is 1.89 bits per heavy atom. The Bertz CT molecular complexity index is 509. The van der Waals surface area contributed by atoms with Crippen molar-refractivity contribution >= 4 is 16.6 Å². The molecule has 0 saturated heterocycles. The summed E-state index contributed by atoms with van der Waals surface area (Å²) in [6.07, 6.45) is 1.83. The molecule has 0 saturated carbocycles. The summed E-state index contributed by atoms with van der Waals surface area (Å²) in [5.41, 5.74) is 2.35. The summed E-state index contributed by atoms with van der Waals surface area (Å²) in [6.45, 7) is 8.38. The highest BCUT2D eigenvalue weighted by Gasteiger charge is 2.07. The number of nitrogens with one attached hydrogen (secondary N) is 2. The van der Waals surface area contributed by atoms with E-state index in [1.165, 1.54) is 5.39 Å². The summed E-state index contributed by atoms with van der Waals surface area (Å²) >= 11 is 0. The highest BCUT2D eigenvalue weighted by atomic mass is 15.0. The Balaban J connectivity index is 2.00. The van der Waals surface area contributed by atoms with Gasteiger partial charge < -0.3 is 10.6 Å².